The Morgan fingerprint density at radius 1 is 1.45 bits per heavy atom. The summed E-state index contributed by atoms with van der Waals surface area (Å²) in [6.07, 6.45) is 6.45. The molecule has 0 spiro atoms. The quantitative estimate of drug-likeness (QED) is 0.716. The monoisotopic (exact) mass is 358 g/mol. The Balaban J connectivity index is 1.70. The molecule has 1 aromatic heterocycles. The Morgan fingerprint density at radius 3 is 3.00 bits per heavy atom. The summed E-state index contributed by atoms with van der Waals surface area (Å²) in [5, 5.41) is 3.76. The fourth-order valence-electron chi connectivity index (χ4n) is 2.75. The van der Waals surface area contributed by atoms with Crippen molar-refractivity contribution >= 4 is 27.3 Å². The van der Waals surface area contributed by atoms with Gasteiger partial charge in [0.2, 0.25) is 0 Å². The Labute approximate surface area is 136 Å². The summed E-state index contributed by atoms with van der Waals surface area (Å²) < 4.78 is 1.29. The highest BCUT2D eigenvalue weighted by molar-refractivity contribution is 9.11. The van der Waals surface area contributed by atoms with Crippen LogP contribution in [-0.2, 0) is 6.42 Å². The van der Waals surface area contributed by atoms with Gasteiger partial charge in [-0.05, 0) is 93.6 Å². The maximum absolute atomic E-state index is 3.76. The largest absolute Gasteiger partial charge is 0.310 e. The number of fused-ring (bicyclic) bond motifs is 1. The minimum absolute atomic E-state index is 0.587. The topological polar surface area (TPSA) is 15.3 Å². The van der Waals surface area contributed by atoms with Gasteiger partial charge < -0.3 is 10.2 Å². The minimum atomic E-state index is 0.587. The van der Waals surface area contributed by atoms with E-state index < -0.39 is 0 Å². The number of thiophene rings is 1. The van der Waals surface area contributed by atoms with Crippen molar-refractivity contribution in [3.05, 3.63) is 20.3 Å². The molecule has 4 heteroatoms. The van der Waals surface area contributed by atoms with Gasteiger partial charge in [0.1, 0.15) is 0 Å². The van der Waals surface area contributed by atoms with Crippen molar-refractivity contribution in [2.24, 2.45) is 0 Å². The zero-order chi connectivity index (χ0) is 14.5. The van der Waals surface area contributed by atoms with Crippen molar-refractivity contribution in [2.45, 2.75) is 58.0 Å². The highest BCUT2D eigenvalue weighted by Crippen LogP contribution is 2.37. The van der Waals surface area contributed by atoms with E-state index >= 15 is 0 Å². The number of aryl methyl sites for hydroxylation is 1. The summed E-state index contributed by atoms with van der Waals surface area (Å²) in [5.41, 5.74) is 1.55. The Hall–Kier alpha value is 0.100. The van der Waals surface area contributed by atoms with Crippen molar-refractivity contribution in [1.29, 1.82) is 0 Å². The molecule has 1 heterocycles. The molecule has 1 atom stereocenters. The number of unbranched alkanes of at least 4 members (excludes halogenated alkanes) is 1. The highest BCUT2D eigenvalue weighted by atomic mass is 79.9. The first-order valence-electron chi connectivity index (χ1n) is 7.79. The molecule has 1 aliphatic carbocycles. The van der Waals surface area contributed by atoms with Gasteiger partial charge in [-0.1, -0.05) is 0 Å². The third kappa shape index (κ3) is 4.55. The Bertz CT molecular complexity index is 417. The summed E-state index contributed by atoms with van der Waals surface area (Å²) in [6, 6.07) is 3.57. The molecule has 0 fully saturated rings. The molecule has 20 heavy (non-hydrogen) atoms. The summed E-state index contributed by atoms with van der Waals surface area (Å²) in [4.78, 5) is 4.01. The number of nitrogens with zero attached hydrogens (tertiary/aromatic N) is 1. The van der Waals surface area contributed by atoms with Gasteiger partial charge in [0, 0.05) is 17.0 Å². The lowest BCUT2D eigenvalue weighted by molar-refractivity contribution is 0.267. The molecule has 1 aliphatic rings. The standard InChI is InChI=1S/C16H27BrN2S/c1-12(2)19(3)10-5-4-9-18-14-7-6-8-15-13(14)11-16(17)20-15/h11-12,14,18H,4-10H2,1-3H3. The molecule has 0 aromatic carbocycles. The zero-order valence-corrected chi connectivity index (χ0v) is 15.3. The normalized spacial score (nSPS) is 18.8. The molecule has 0 saturated heterocycles. The van der Waals surface area contributed by atoms with Crippen LogP contribution in [0, 0.1) is 0 Å². The van der Waals surface area contributed by atoms with E-state index in [1.165, 1.54) is 42.4 Å². The van der Waals surface area contributed by atoms with Crippen molar-refractivity contribution in [3.63, 3.8) is 0 Å². The molecular weight excluding hydrogens is 332 g/mol. The molecule has 1 N–H and O–H groups in total. The highest BCUT2D eigenvalue weighted by Gasteiger charge is 2.21. The molecule has 1 unspecified atom stereocenters. The summed E-state index contributed by atoms with van der Waals surface area (Å²) in [5.74, 6) is 0. The average molecular weight is 359 g/mol. The molecule has 0 bridgehead atoms. The van der Waals surface area contributed by atoms with Gasteiger partial charge in [0.05, 0.1) is 3.79 Å². The van der Waals surface area contributed by atoms with E-state index in [1.807, 2.05) is 11.3 Å². The lowest BCUT2D eigenvalue weighted by Gasteiger charge is -2.24. The fourth-order valence-corrected chi connectivity index (χ4v) is 4.57. The van der Waals surface area contributed by atoms with Crippen LogP contribution in [0.1, 0.15) is 56.0 Å². The molecule has 114 valence electrons. The van der Waals surface area contributed by atoms with Gasteiger partial charge in [-0.15, -0.1) is 11.3 Å². The van der Waals surface area contributed by atoms with E-state index in [9.17, 15) is 0 Å². The van der Waals surface area contributed by atoms with Crippen LogP contribution in [0.2, 0.25) is 0 Å². The van der Waals surface area contributed by atoms with Gasteiger partial charge in [0.15, 0.2) is 0 Å². The SMILES string of the molecule is CC(C)N(C)CCCCNC1CCCc2sc(Br)cc21. The fraction of sp³-hybridized carbons (Fsp3) is 0.750. The maximum atomic E-state index is 3.76. The first kappa shape index (κ1) is 16.5. The first-order chi connectivity index (χ1) is 9.58. The molecule has 2 rings (SSSR count). The van der Waals surface area contributed by atoms with Crippen molar-refractivity contribution in [1.82, 2.24) is 10.2 Å². The van der Waals surface area contributed by atoms with E-state index in [2.05, 4.69) is 53.1 Å². The predicted octanol–water partition coefficient (Wildman–Crippen LogP) is 4.60. The lowest BCUT2D eigenvalue weighted by Crippen LogP contribution is -2.29. The zero-order valence-electron chi connectivity index (χ0n) is 12.9. The van der Waals surface area contributed by atoms with Crippen LogP contribution >= 0.6 is 27.3 Å². The Kier molecular flexibility index (Phi) is 6.53. The maximum Gasteiger partial charge on any atom is 0.0704 e. The van der Waals surface area contributed by atoms with Gasteiger partial charge in [-0.2, -0.15) is 0 Å². The van der Waals surface area contributed by atoms with Gasteiger partial charge in [0.25, 0.3) is 0 Å². The second-order valence-electron chi connectivity index (χ2n) is 6.11. The second kappa shape index (κ2) is 7.92. The van der Waals surface area contributed by atoms with Crippen LogP contribution in [0.15, 0.2) is 9.85 Å². The van der Waals surface area contributed by atoms with Crippen LogP contribution < -0.4 is 5.32 Å². The molecule has 2 nitrogen and oxygen atoms in total. The van der Waals surface area contributed by atoms with E-state index in [4.69, 9.17) is 0 Å². The van der Waals surface area contributed by atoms with Crippen LogP contribution in [0.5, 0.6) is 0 Å². The molecule has 0 aliphatic heterocycles. The number of halogens is 1. The van der Waals surface area contributed by atoms with Crippen LogP contribution in [0.25, 0.3) is 0 Å². The molecule has 1 aromatic rings. The number of hydrogen-bond donors (Lipinski definition) is 1. The number of rotatable bonds is 7. The smallest absolute Gasteiger partial charge is 0.0704 e. The first-order valence-corrected chi connectivity index (χ1v) is 9.40. The number of hydrogen-bond acceptors (Lipinski definition) is 3. The van der Waals surface area contributed by atoms with E-state index in [-0.39, 0.29) is 0 Å². The van der Waals surface area contributed by atoms with Gasteiger partial charge in [-0.3, -0.25) is 0 Å². The number of nitrogens with one attached hydrogen (secondary N) is 1. The third-order valence-corrected chi connectivity index (χ3v) is 6.01. The summed E-state index contributed by atoms with van der Waals surface area (Å²) in [6.45, 7) is 6.87. The second-order valence-corrected chi connectivity index (χ2v) is 8.63. The molecule has 0 saturated carbocycles. The summed E-state index contributed by atoms with van der Waals surface area (Å²) >= 11 is 5.54. The van der Waals surface area contributed by atoms with Gasteiger partial charge >= 0.3 is 0 Å². The van der Waals surface area contributed by atoms with Gasteiger partial charge in [-0.25, -0.2) is 0 Å². The van der Waals surface area contributed by atoms with Crippen molar-refractivity contribution in [2.75, 3.05) is 20.1 Å². The van der Waals surface area contributed by atoms with E-state index in [0.29, 0.717) is 12.1 Å². The molecule has 0 amide bonds. The van der Waals surface area contributed by atoms with Crippen LogP contribution in [0.3, 0.4) is 0 Å². The van der Waals surface area contributed by atoms with E-state index in [0.717, 1.165) is 6.54 Å². The molecule has 0 radical (unpaired) electrons. The third-order valence-electron chi connectivity index (χ3n) is 4.29. The predicted molar refractivity (Wildman–Crippen MR) is 92.7 cm³/mol. The van der Waals surface area contributed by atoms with Crippen LogP contribution in [-0.4, -0.2) is 31.1 Å². The molecular formula is C16H27BrN2S. The minimum Gasteiger partial charge on any atom is -0.310 e. The van der Waals surface area contributed by atoms with Crippen molar-refractivity contribution < 1.29 is 0 Å². The van der Waals surface area contributed by atoms with Crippen molar-refractivity contribution in [3.8, 4) is 0 Å². The van der Waals surface area contributed by atoms with E-state index in [1.54, 1.807) is 10.4 Å². The summed E-state index contributed by atoms with van der Waals surface area (Å²) in [7, 11) is 2.22. The Morgan fingerprint density at radius 2 is 2.25 bits per heavy atom. The average Bonchev–Trinajstić information content (AvgIpc) is 2.79. The van der Waals surface area contributed by atoms with Crippen LogP contribution in [0.4, 0.5) is 0 Å². The lowest BCUT2D eigenvalue weighted by atomic mass is 9.94.